The zero-order valence-electron chi connectivity index (χ0n) is 9.56. The minimum atomic E-state index is -1.29. The molecule has 0 aliphatic carbocycles. The van der Waals surface area contributed by atoms with E-state index >= 15 is 0 Å². The summed E-state index contributed by atoms with van der Waals surface area (Å²) in [5.74, 6) is -3.42. The van der Waals surface area contributed by atoms with Crippen molar-refractivity contribution in [3.63, 3.8) is 0 Å². The molecule has 0 aliphatic heterocycles. The van der Waals surface area contributed by atoms with E-state index in [2.05, 4.69) is 10.1 Å². The van der Waals surface area contributed by atoms with Crippen LogP contribution in [0.5, 0.6) is 0 Å². The van der Waals surface area contributed by atoms with Crippen LogP contribution in [0, 0.1) is 21.7 Å². The van der Waals surface area contributed by atoms with E-state index in [-0.39, 0.29) is 18.8 Å². The number of rotatable bonds is 7. The van der Waals surface area contributed by atoms with Gasteiger partial charge in [-0.2, -0.15) is 4.39 Å². The van der Waals surface area contributed by atoms with Crippen LogP contribution in [0.25, 0.3) is 0 Å². The molecule has 0 fully saturated rings. The zero-order chi connectivity index (χ0) is 14.4. The van der Waals surface area contributed by atoms with Gasteiger partial charge in [0, 0.05) is 18.7 Å². The molecule has 0 aliphatic rings. The van der Waals surface area contributed by atoms with Crippen molar-refractivity contribution in [3.8, 4) is 0 Å². The SMILES string of the molecule is O=C(O)COCCNc1cc(F)cc(F)c1[N+](=O)[O-]. The Balaban J connectivity index is 2.67. The molecule has 0 heterocycles. The Morgan fingerprint density at radius 3 is 2.74 bits per heavy atom. The molecule has 2 N–H and O–H groups in total. The summed E-state index contributed by atoms with van der Waals surface area (Å²) in [6.45, 7) is -0.639. The molecule has 104 valence electrons. The molecule has 9 heteroatoms. The third kappa shape index (κ3) is 4.47. The van der Waals surface area contributed by atoms with Crippen LogP contribution >= 0.6 is 0 Å². The average Bonchev–Trinajstić information content (AvgIpc) is 2.26. The lowest BCUT2D eigenvalue weighted by Gasteiger charge is -2.07. The first-order chi connectivity index (χ1) is 8.91. The van der Waals surface area contributed by atoms with Gasteiger partial charge in [-0.05, 0) is 0 Å². The number of nitrogens with one attached hydrogen (secondary N) is 1. The van der Waals surface area contributed by atoms with Crippen LogP contribution in [0.1, 0.15) is 0 Å². The number of hydrogen-bond donors (Lipinski definition) is 2. The molecule has 0 aromatic heterocycles. The maximum absolute atomic E-state index is 13.2. The summed E-state index contributed by atoms with van der Waals surface area (Å²) < 4.78 is 30.8. The molecule has 0 bridgehead atoms. The summed E-state index contributed by atoms with van der Waals surface area (Å²) >= 11 is 0. The number of ether oxygens (including phenoxy) is 1. The van der Waals surface area contributed by atoms with Gasteiger partial charge in [0.1, 0.15) is 18.1 Å². The number of nitro groups is 1. The normalized spacial score (nSPS) is 10.2. The number of nitrogens with zero attached hydrogens (tertiary/aromatic N) is 1. The van der Waals surface area contributed by atoms with Crippen LogP contribution in [0.2, 0.25) is 0 Å². The smallest absolute Gasteiger partial charge is 0.329 e. The van der Waals surface area contributed by atoms with Crippen molar-refractivity contribution in [2.45, 2.75) is 0 Å². The summed E-state index contributed by atoms with van der Waals surface area (Å²) in [5.41, 5.74) is -1.21. The van der Waals surface area contributed by atoms with Crippen LogP contribution in [0.4, 0.5) is 20.2 Å². The Hall–Kier alpha value is -2.29. The maximum atomic E-state index is 13.2. The molecule has 7 nitrogen and oxygen atoms in total. The highest BCUT2D eigenvalue weighted by Gasteiger charge is 2.21. The van der Waals surface area contributed by atoms with Gasteiger partial charge in [-0.1, -0.05) is 0 Å². The van der Waals surface area contributed by atoms with E-state index in [0.717, 1.165) is 6.07 Å². The Morgan fingerprint density at radius 2 is 2.16 bits per heavy atom. The first kappa shape index (κ1) is 14.8. The van der Waals surface area contributed by atoms with Crippen molar-refractivity contribution in [3.05, 3.63) is 33.9 Å². The van der Waals surface area contributed by atoms with E-state index in [1.165, 1.54) is 0 Å². The summed E-state index contributed by atoms with van der Waals surface area (Å²) in [6.07, 6.45) is 0. The number of anilines is 1. The summed E-state index contributed by atoms with van der Waals surface area (Å²) in [4.78, 5) is 19.8. The quantitative estimate of drug-likeness (QED) is 0.443. The highest BCUT2D eigenvalue weighted by molar-refractivity contribution is 5.68. The minimum absolute atomic E-state index is 0.0307. The fourth-order valence-electron chi connectivity index (χ4n) is 1.30. The second-order valence-corrected chi connectivity index (χ2v) is 3.41. The number of hydrogen-bond acceptors (Lipinski definition) is 5. The van der Waals surface area contributed by atoms with Crippen LogP contribution in [-0.2, 0) is 9.53 Å². The Morgan fingerprint density at radius 1 is 1.47 bits per heavy atom. The van der Waals surface area contributed by atoms with E-state index < -0.39 is 34.8 Å². The topological polar surface area (TPSA) is 102 Å². The Bertz CT molecular complexity index is 495. The van der Waals surface area contributed by atoms with E-state index in [0.29, 0.717) is 6.07 Å². The van der Waals surface area contributed by atoms with E-state index in [9.17, 15) is 23.7 Å². The largest absolute Gasteiger partial charge is 0.480 e. The third-order valence-corrected chi connectivity index (χ3v) is 2.00. The summed E-state index contributed by atoms with van der Waals surface area (Å²) in [7, 11) is 0. The zero-order valence-corrected chi connectivity index (χ0v) is 9.56. The van der Waals surface area contributed by atoms with Gasteiger partial charge in [0.2, 0.25) is 5.82 Å². The second kappa shape index (κ2) is 6.59. The number of carboxylic acid groups (broad SMARTS) is 1. The highest BCUT2D eigenvalue weighted by atomic mass is 19.1. The van der Waals surface area contributed by atoms with Gasteiger partial charge < -0.3 is 15.2 Å². The van der Waals surface area contributed by atoms with Gasteiger partial charge >= 0.3 is 11.7 Å². The molecule has 1 aromatic rings. The number of aliphatic carboxylic acids is 1. The predicted octanol–water partition coefficient (Wildman–Crippen LogP) is 1.39. The van der Waals surface area contributed by atoms with Gasteiger partial charge in [-0.25, -0.2) is 9.18 Å². The van der Waals surface area contributed by atoms with Gasteiger partial charge in [-0.3, -0.25) is 10.1 Å². The molecule has 0 unspecified atom stereocenters. The lowest BCUT2D eigenvalue weighted by atomic mass is 10.2. The highest BCUT2D eigenvalue weighted by Crippen LogP contribution is 2.28. The first-order valence-electron chi connectivity index (χ1n) is 5.08. The molecule has 1 rings (SSSR count). The van der Waals surface area contributed by atoms with Gasteiger partial charge in [0.25, 0.3) is 0 Å². The van der Waals surface area contributed by atoms with Gasteiger partial charge in [0.15, 0.2) is 0 Å². The molecule has 1 aromatic carbocycles. The Kier molecular flexibility index (Phi) is 5.12. The van der Waals surface area contributed by atoms with Crippen LogP contribution in [0.3, 0.4) is 0 Å². The molecule has 19 heavy (non-hydrogen) atoms. The fraction of sp³-hybridized carbons (Fsp3) is 0.300. The molecule has 0 spiro atoms. The second-order valence-electron chi connectivity index (χ2n) is 3.41. The number of carboxylic acids is 1. The molecule has 0 radical (unpaired) electrons. The summed E-state index contributed by atoms with van der Waals surface area (Å²) in [6, 6.07) is 1.18. The van der Waals surface area contributed by atoms with Crippen molar-refractivity contribution in [1.29, 1.82) is 0 Å². The third-order valence-electron chi connectivity index (χ3n) is 2.00. The van der Waals surface area contributed by atoms with E-state index in [4.69, 9.17) is 5.11 Å². The molecule has 0 saturated carbocycles. The van der Waals surface area contributed by atoms with Crippen molar-refractivity contribution < 1.29 is 28.3 Å². The molecule has 0 atom stereocenters. The van der Waals surface area contributed by atoms with Crippen molar-refractivity contribution >= 4 is 17.3 Å². The van der Waals surface area contributed by atoms with Crippen LogP contribution in [0.15, 0.2) is 12.1 Å². The fourth-order valence-corrected chi connectivity index (χ4v) is 1.30. The van der Waals surface area contributed by atoms with Crippen LogP contribution < -0.4 is 5.32 Å². The number of benzene rings is 1. The summed E-state index contributed by atoms with van der Waals surface area (Å²) in [5, 5.41) is 21.3. The molecular formula is C10H10F2N2O5. The predicted molar refractivity (Wildman–Crippen MR) is 60.0 cm³/mol. The molecule has 0 amide bonds. The number of halogens is 2. The number of carbonyl (C=O) groups is 1. The van der Waals surface area contributed by atoms with Gasteiger partial charge in [-0.15, -0.1) is 0 Å². The maximum Gasteiger partial charge on any atom is 0.329 e. The van der Waals surface area contributed by atoms with E-state index in [1.54, 1.807) is 0 Å². The molecule has 0 saturated heterocycles. The van der Waals surface area contributed by atoms with Crippen molar-refractivity contribution in [2.24, 2.45) is 0 Å². The Labute approximate surface area is 105 Å². The lowest BCUT2D eigenvalue weighted by molar-refractivity contribution is -0.386. The minimum Gasteiger partial charge on any atom is -0.480 e. The molecular weight excluding hydrogens is 266 g/mol. The standard InChI is InChI=1S/C10H10F2N2O5/c11-6-3-7(12)10(14(17)18)8(4-6)13-1-2-19-5-9(15)16/h3-4,13H,1-2,5H2,(H,15,16). The van der Waals surface area contributed by atoms with E-state index in [1.807, 2.05) is 0 Å². The number of nitro benzene ring substituents is 1. The average molecular weight is 276 g/mol. The van der Waals surface area contributed by atoms with Gasteiger partial charge in [0.05, 0.1) is 11.5 Å². The van der Waals surface area contributed by atoms with Crippen molar-refractivity contribution in [1.82, 2.24) is 0 Å². The van der Waals surface area contributed by atoms with Crippen LogP contribution in [-0.4, -0.2) is 35.8 Å². The first-order valence-corrected chi connectivity index (χ1v) is 5.08. The van der Waals surface area contributed by atoms with Crippen molar-refractivity contribution in [2.75, 3.05) is 25.1 Å². The monoisotopic (exact) mass is 276 g/mol. The lowest BCUT2D eigenvalue weighted by Crippen LogP contribution is -2.15.